The first kappa shape index (κ1) is 15.8. The molecule has 1 fully saturated rings. The highest BCUT2D eigenvalue weighted by atomic mass is 32.1. The molecule has 2 unspecified atom stereocenters. The van der Waals surface area contributed by atoms with Crippen molar-refractivity contribution in [1.29, 1.82) is 0 Å². The maximum absolute atomic E-state index is 12.5. The van der Waals surface area contributed by atoms with Crippen LogP contribution < -0.4 is 5.32 Å². The number of nitrogens with one attached hydrogen (secondary N) is 1. The zero-order chi connectivity index (χ0) is 15.4. The number of hydrogen-bond donors (Lipinski definition) is 1. The molecule has 1 aromatic rings. The summed E-state index contributed by atoms with van der Waals surface area (Å²) in [7, 11) is 1.67. The number of methoxy groups -OCH3 is 1. The topological polar surface area (TPSA) is 50.8 Å². The van der Waals surface area contributed by atoms with Gasteiger partial charge in [0, 0.05) is 25.1 Å². The van der Waals surface area contributed by atoms with E-state index in [2.05, 4.69) is 16.8 Å². The molecule has 3 rings (SSSR count). The molecule has 1 aliphatic carbocycles. The van der Waals surface area contributed by atoms with Gasteiger partial charge in [-0.05, 0) is 42.7 Å². The van der Waals surface area contributed by atoms with Crippen LogP contribution in [0.2, 0.25) is 0 Å². The average molecular weight is 324 g/mol. The first-order valence-corrected chi connectivity index (χ1v) is 8.88. The zero-order valence-electron chi connectivity index (χ0n) is 13.0. The summed E-state index contributed by atoms with van der Waals surface area (Å²) in [4.78, 5) is 15.8. The molecule has 0 bridgehead atoms. The maximum Gasteiger partial charge on any atom is 0.317 e. The van der Waals surface area contributed by atoms with Crippen molar-refractivity contribution in [1.82, 2.24) is 10.2 Å². The van der Waals surface area contributed by atoms with Gasteiger partial charge in [0.25, 0.3) is 0 Å². The van der Waals surface area contributed by atoms with E-state index in [1.54, 1.807) is 18.4 Å². The molecule has 5 nitrogen and oxygen atoms in total. The van der Waals surface area contributed by atoms with E-state index >= 15 is 0 Å². The molecule has 0 saturated carbocycles. The molecule has 2 heterocycles. The minimum absolute atomic E-state index is 0.0434. The number of aryl methyl sites for hydroxylation is 1. The summed E-state index contributed by atoms with van der Waals surface area (Å²) in [5.41, 5.74) is 1.32. The van der Waals surface area contributed by atoms with Gasteiger partial charge in [-0.2, -0.15) is 0 Å². The van der Waals surface area contributed by atoms with E-state index in [4.69, 9.17) is 9.47 Å². The number of hydrogen-bond acceptors (Lipinski definition) is 4. The molecule has 0 spiro atoms. The molecule has 0 radical (unpaired) electrons. The van der Waals surface area contributed by atoms with Crippen molar-refractivity contribution in [3.05, 3.63) is 21.9 Å². The summed E-state index contributed by atoms with van der Waals surface area (Å²) in [6.45, 7) is 2.65. The van der Waals surface area contributed by atoms with Crippen molar-refractivity contribution in [3.63, 3.8) is 0 Å². The number of likely N-dealkylation sites (tertiary alicyclic amines) is 1. The van der Waals surface area contributed by atoms with Gasteiger partial charge in [-0.25, -0.2) is 4.79 Å². The number of fused-ring (bicyclic) bond motifs is 1. The monoisotopic (exact) mass is 324 g/mol. The minimum Gasteiger partial charge on any atom is -0.382 e. The lowest BCUT2D eigenvalue weighted by molar-refractivity contribution is 0.0236. The molecular weight excluding hydrogens is 300 g/mol. The number of carbonyl (C=O) groups is 1. The largest absolute Gasteiger partial charge is 0.382 e. The molecule has 1 saturated heterocycles. The van der Waals surface area contributed by atoms with Crippen LogP contribution in [0.1, 0.15) is 35.7 Å². The van der Waals surface area contributed by atoms with Gasteiger partial charge < -0.3 is 19.7 Å². The first-order valence-electron chi connectivity index (χ1n) is 8.00. The summed E-state index contributed by atoms with van der Waals surface area (Å²) < 4.78 is 10.7. The van der Waals surface area contributed by atoms with Gasteiger partial charge in [0.1, 0.15) is 0 Å². The fourth-order valence-electron chi connectivity index (χ4n) is 3.22. The van der Waals surface area contributed by atoms with E-state index in [1.165, 1.54) is 10.4 Å². The van der Waals surface area contributed by atoms with Crippen molar-refractivity contribution in [2.24, 2.45) is 0 Å². The average Bonchev–Trinajstić information content (AvgIpc) is 3.16. The van der Waals surface area contributed by atoms with Crippen molar-refractivity contribution >= 4 is 17.4 Å². The Bertz CT molecular complexity index is 505. The van der Waals surface area contributed by atoms with Crippen molar-refractivity contribution in [2.75, 3.05) is 33.4 Å². The number of ether oxygens (including phenoxy) is 2. The van der Waals surface area contributed by atoms with E-state index in [1.807, 2.05) is 4.90 Å². The van der Waals surface area contributed by atoms with Crippen LogP contribution in [0.25, 0.3) is 0 Å². The van der Waals surface area contributed by atoms with Crippen LogP contribution in [0.4, 0.5) is 4.79 Å². The van der Waals surface area contributed by atoms with Crippen LogP contribution in [-0.2, 0) is 15.9 Å². The minimum atomic E-state index is 0.0434. The third kappa shape index (κ3) is 3.62. The second kappa shape index (κ2) is 7.44. The standard InChI is InChI=1S/C16H24N2O3S/c1-20-8-9-21-12-5-7-18(11-12)16(19)17-14-3-2-4-15-13(14)6-10-22-15/h6,10,12,14H,2-5,7-9,11H2,1H3,(H,17,19). The number of rotatable bonds is 5. The molecule has 2 atom stereocenters. The van der Waals surface area contributed by atoms with Gasteiger partial charge in [-0.15, -0.1) is 11.3 Å². The third-order valence-corrected chi connectivity index (χ3v) is 5.42. The predicted molar refractivity (Wildman–Crippen MR) is 86.3 cm³/mol. The Morgan fingerprint density at radius 1 is 1.45 bits per heavy atom. The van der Waals surface area contributed by atoms with Gasteiger partial charge in [0.15, 0.2) is 0 Å². The van der Waals surface area contributed by atoms with Crippen LogP contribution in [0, 0.1) is 0 Å². The second-order valence-corrected chi connectivity index (χ2v) is 6.91. The molecule has 122 valence electrons. The quantitative estimate of drug-likeness (QED) is 0.847. The molecule has 1 aliphatic heterocycles. The Morgan fingerprint density at radius 2 is 2.36 bits per heavy atom. The molecule has 2 amide bonds. The first-order chi connectivity index (χ1) is 10.8. The molecule has 0 aromatic carbocycles. The summed E-state index contributed by atoms with van der Waals surface area (Å²) in [6, 6.07) is 2.38. The maximum atomic E-state index is 12.5. The van der Waals surface area contributed by atoms with Crippen LogP contribution in [0.5, 0.6) is 0 Å². The summed E-state index contributed by atoms with van der Waals surface area (Å²) in [5.74, 6) is 0. The van der Waals surface area contributed by atoms with Crippen molar-refractivity contribution in [3.8, 4) is 0 Å². The molecular formula is C16H24N2O3S. The normalized spacial score (nSPS) is 24.3. The number of urea groups is 1. The van der Waals surface area contributed by atoms with E-state index in [-0.39, 0.29) is 18.2 Å². The van der Waals surface area contributed by atoms with E-state index in [0.29, 0.717) is 19.8 Å². The Kier molecular flexibility index (Phi) is 5.33. The lowest BCUT2D eigenvalue weighted by Gasteiger charge is -2.26. The molecule has 2 aliphatic rings. The fraction of sp³-hybridized carbons (Fsp3) is 0.688. The van der Waals surface area contributed by atoms with Gasteiger partial charge >= 0.3 is 6.03 Å². The molecule has 6 heteroatoms. The molecule has 22 heavy (non-hydrogen) atoms. The highest BCUT2D eigenvalue weighted by Crippen LogP contribution is 2.33. The van der Waals surface area contributed by atoms with Gasteiger partial charge in [-0.3, -0.25) is 0 Å². The highest BCUT2D eigenvalue weighted by molar-refractivity contribution is 7.10. The van der Waals surface area contributed by atoms with E-state index in [0.717, 1.165) is 32.2 Å². The predicted octanol–water partition coefficient (Wildman–Crippen LogP) is 2.57. The fourth-order valence-corrected chi connectivity index (χ4v) is 4.21. The van der Waals surface area contributed by atoms with Gasteiger partial charge in [0.2, 0.25) is 0 Å². The Morgan fingerprint density at radius 3 is 3.23 bits per heavy atom. The van der Waals surface area contributed by atoms with Crippen LogP contribution in [-0.4, -0.2) is 50.4 Å². The van der Waals surface area contributed by atoms with Crippen molar-refractivity contribution in [2.45, 2.75) is 37.8 Å². The zero-order valence-corrected chi connectivity index (χ0v) is 13.9. The molecule has 1 N–H and O–H groups in total. The number of amides is 2. The Balaban J connectivity index is 1.49. The Hall–Kier alpha value is -1.11. The third-order valence-electron chi connectivity index (χ3n) is 4.42. The summed E-state index contributed by atoms with van der Waals surface area (Å²) >= 11 is 1.80. The smallest absolute Gasteiger partial charge is 0.317 e. The van der Waals surface area contributed by atoms with Gasteiger partial charge in [0.05, 0.1) is 25.4 Å². The Labute approximate surface area is 135 Å². The summed E-state index contributed by atoms with van der Waals surface area (Å²) in [5, 5.41) is 5.33. The lowest BCUT2D eigenvalue weighted by atomic mass is 9.94. The van der Waals surface area contributed by atoms with Crippen LogP contribution >= 0.6 is 11.3 Å². The number of thiophene rings is 1. The van der Waals surface area contributed by atoms with E-state index < -0.39 is 0 Å². The number of nitrogens with zero attached hydrogens (tertiary/aromatic N) is 1. The van der Waals surface area contributed by atoms with Crippen molar-refractivity contribution < 1.29 is 14.3 Å². The van der Waals surface area contributed by atoms with E-state index in [9.17, 15) is 4.79 Å². The second-order valence-electron chi connectivity index (χ2n) is 5.91. The highest BCUT2D eigenvalue weighted by Gasteiger charge is 2.29. The van der Waals surface area contributed by atoms with Gasteiger partial charge in [-0.1, -0.05) is 0 Å². The SMILES string of the molecule is COCCOC1CCN(C(=O)NC2CCCc3sccc32)C1. The number of carbonyl (C=O) groups excluding carboxylic acids is 1. The van der Waals surface area contributed by atoms with Crippen LogP contribution in [0.15, 0.2) is 11.4 Å². The summed E-state index contributed by atoms with van der Waals surface area (Å²) in [6.07, 6.45) is 4.39. The van der Waals surface area contributed by atoms with Crippen LogP contribution in [0.3, 0.4) is 0 Å². The lowest BCUT2D eigenvalue weighted by Crippen LogP contribution is -2.41. The molecule has 1 aromatic heterocycles.